The number of nitrogens with one attached hydrogen (secondary N) is 1. The van der Waals surface area contributed by atoms with Crippen molar-refractivity contribution in [2.75, 3.05) is 13.1 Å². The second kappa shape index (κ2) is 9.11. The minimum atomic E-state index is -0.530. The van der Waals surface area contributed by atoms with Crippen molar-refractivity contribution in [3.05, 3.63) is 36.1 Å². The first-order valence-corrected chi connectivity index (χ1v) is 8.84. The standard InChI is InChI=1S/C19H27N3O3/c1-3-12-22(18(23)10-6-7-11-21-19(20)24)14(2)17-13-15-8-4-5-9-16(15)25-17/h4-5,8-9,13-14H,3,6-7,10-12H2,1-2H3,(H3,20,21,24). The van der Waals surface area contributed by atoms with Gasteiger partial charge in [0.25, 0.3) is 0 Å². The molecule has 6 nitrogen and oxygen atoms in total. The van der Waals surface area contributed by atoms with Crippen LogP contribution < -0.4 is 11.1 Å². The normalized spacial score (nSPS) is 12.1. The Morgan fingerprint density at radius 2 is 2.04 bits per heavy atom. The van der Waals surface area contributed by atoms with E-state index in [-0.39, 0.29) is 11.9 Å². The van der Waals surface area contributed by atoms with Gasteiger partial charge in [-0.2, -0.15) is 0 Å². The molecule has 0 spiro atoms. The molecule has 0 saturated carbocycles. The summed E-state index contributed by atoms with van der Waals surface area (Å²) in [5.74, 6) is 0.910. The van der Waals surface area contributed by atoms with Crippen LogP contribution in [-0.4, -0.2) is 29.9 Å². The first-order valence-electron chi connectivity index (χ1n) is 8.84. The highest BCUT2D eigenvalue weighted by Crippen LogP contribution is 2.28. The molecule has 2 rings (SSSR count). The average molecular weight is 345 g/mol. The number of hydrogen-bond acceptors (Lipinski definition) is 3. The van der Waals surface area contributed by atoms with Gasteiger partial charge < -0.3 is 20.4 Å². The lowest BCUT2D eigenvalue weighted by Gasteiger charge is -2.27. The Kier molecular flexibility index (Phi) is 6.86. The first-order chi connectivity index (χ1) is 12.0. The number of carbonyl (C=O) groups excluding carboxylic acids is 2. The fourth-order valence-corrected chi connectivity index (χ4v) is 2.89. The number of unbranched alkanes of at least 4 members (excludes halogenated alkanes) is 1. The molecule has 6 heteroatoms. The number of carbonyl (C=O) groups is 2. The predicted octanol–water partition coefficient (Wildman–Crippen LogP) is 3.57. The summed E-state index contributed by atoms with van der Waals surface area (Å²) in [7, 11) is 0. The summed E-state index contributed by atoms with van der Waals surface area (Å²) in [5, 5.41) is 3.58. The van der Waals surface area contributed by atoms with E-state index >= 15 is 0 Å². The number of nitrogens with two attached hydrogens (primary N) is 1. The van der Waals surface area contributed by atoms with E-state index in [0.717, 1.165) is 29.6 Å². The quantitative estimate of drug-likeness (QED) is 0.681. The molecule has 0 aliphatic rings. The first kappa shape index (κ1) is 18.8. The van der Waals surface area contributed by atoms with Crippen LogP contribution >= 0.6 is 0 Å². The minimum Gasteiger partial charge on any atom is -0.459 e. The van der Waals surface area contributed by atoms with E-state index in [1.165, 1.54) is 0 Å². The van der Waals surface area contributed by atoms with E-state index in [0.29, 0.717) is 25.9 Å². The zero-order valence-electron chi connectivity index (χ0n) is 15.0. The summed E-state index contributed by atoms with van der Waals surface area (Å²) in [6.07, 6.45) is 2.78. The van der Waals surface area contributed by atoms with Gasteiger partial charge in [0, 0.05) is 24.9 Å². The highest BCUT2D eigenvalue weighted by molar-refractivity contribution is 5.79. The molecule has 3 amide bonds. The number of urea groups is 1. The van der Waals surface area contributed by atoms with Crippen LogP contribution in [0.4, 0.5) is 4.79 Å². The fourth-order valence-electron chi connectivity index (χ4n) is 2.89. The molecule has 0 aliphatic carbocycles. The van der Waals surface area contributed by atoms with Gasteiger partial charge in [0.1, 0.15) is 11.3 Å². The van der Waals surface area contributed by atoms with E-state index < -0.39 is 6.03 Å². The van der Waals surface area contributed by atoms with Crippen molar-refractivity contribution in [2.24, 2.45) is 5.73 Å². The zero-order chi connectivity index (χ0) is 18.2. The molecule has 3 N–H and O–H groups in total. The van der Waals surface area contributed by atoms with Gasteiger partial charge in [0.05, 0.1) is 6.04 Å². The molecule has 0 fully saturated rings. The van der Waals surface area contributed by atoms with E-state index in [1.807, 2.05) is 42.2 Å². The van der Waals surface area contributed by atoms with Crippen LogP contribution in [0.1, 0.15) is 51.3 Å². The summed E-state index contributed by atoms with van der Waals surface area (Å²) in [5.41, 5.74) is 5.86. The Bertz CT molecular complexity index is 678. The van der Waals surface area contributed by atoms with Crippen LogP contribution in [0.15, 0.2) is 34.7 Å². The molecular weight excluding hydrogens is 318 g/mol. The molecule has 1 aromatic heterocycles. The number of furan rings is 1. The van der Waals surface area contributed by atoms with Crippen LogP contribution in [0.5, 0.6) is 0 Å². The molecular formula is C19H27N3O3. The van der Waals surface area contributed by atoms with E-state index in [1.54, 1.807) is 0 Å². The van der Waals surface area contributed by atoms with Gasteiger partial charge in [-0.05, 0) is 38.3 Å². The average Bonchev–Trinajstić information content (AvgIpc) is 3.02. The lowest BCUT2D eigenvalue weighted by atomic mass is 10.1. The van der Waals surface area contributed by atoms with Crippen molar-refractivity contribution in [1.82, 2.24) is 10.2 Å². The van der Waals surface area contributed by atoms with Gasteiger partial charge in [-0.25, -0.2) is 4.79 Å². The largest absolute Gasteiger partial charge is 0.459 e. The molecule has 1 atom stereocenters. The van der Waals surface area contributed by atoms with Gasteiger partial charge in [-0.1, -0.05) is 25.1 Å². The number of nitrogens with zero attached hydrogens (tertiary/aromatic N) is 1. The summed E-state index contributed by atoms with van der Waals surface area (Å²) < 4.78 is 5.92. The van der Waals surface area contributed by atoms with Crippen molar-refractivity contribution < 1.29 is 14.0 Å². The third kappa shape index (κ3) is 5.24. The summed E-state index contributed by atoms with van der Waals surface area (Å²) in [4.78, 5) is 25.1. The van der Waals surface area contributed by atoms with Crippen LogP contribution in [0.25, 0.3) is 11.0 Å². The second-order valence-corrected chi connectivity index (χ2v) is 6.20. The maximum atomic E-state index is 12.6. The minimum absolute atomic E-state index is 0.105. The molecule has 2 aromatic rings. The van der Waals surface area contributed by atoms with Gasteiger partial charge >= 0.3 is 6.03 Å². The molecule has 0 bridgehead atoms. The van der Waals surface area contributed by atoms with Gasteiger partial charge in [0.2, 0.25) is 5.91 Å². The lowest BCUT2D eigenvalue weighted by Crippen LogP contribution is -2.34. The summed E-state index contributed by atoms with van der Waals surface area (Å²) >= 11 is 0. The monoisotopic (exact) mass is 345 g/mol. The smallest absolute Gasteiger partial charge is 0.312 e. The SMILES string of the molecule is CCCN(C(=O)CCCCNC(N)=O)C(C)c1cc2ccccc2o1. The molecule has 0 aliphatic heterocycles. The van der Waals surface area contributed by atoms with E-state index in [9.17, 15) is 9.59 Å². The van der Waals surface area contributed by atoms with Crippen molar-refractivity contribution >= 4 is 22.9 Å². The molecule has 25 heavy (non-hydrogen) atoms. The molecule has 0 radical (unpaired) electrons. The molecule has 136 valence electrons. The number of hydrogen-bond donors (Lipinski definition) is 2. The zero-order valence-corrected chi connectivity index (χ0v) is 15.0. The number of benzene rings is 1. The number of rotatable bonds is 9. The third-order valence-electron chi connectivity index (χ3n) is 4.23. The molecule has 1 heterocycles. The third-order valence-corrected chi connectivity index (χ3v) is 4.23. The highest BCUT2D eigenvalue weighted by atomic mass is 16.3. The molecule has 1 unspecified atom stereocenters. The Balaban J connectivity index is 1.97. The number of fused-ring (bicyclic) bond motifs is 1. The fraction of sp³-hybridized carbons (Fsp3) is 0.474. The number of amides is 3. The van der Waals surface area contributed by atoms with Crippen molar-refractivity contribution in [1.29, 1.82) is 0 Å². The van der Waals surface area contributed by atoms with Gasteiger partial charge in [0.15, 0.2) is 0 Å². The summed E-state index contributed by atoms with van der Waals surface area (Å²) in [6.45, 7) is 5.24. The second-order valence-electron chi connectivity index (χ2n) is 6.20. The number of primary amides is 1. The molecule has 0 saturated heterocycles. The topological polar surface area (TPSA) is 88.6 Å². The Labute approximate surface area is 148 Å². The van der Waals surface area contributed by atoms with Crippen molar-refractivity contribution in [3.63, 3.8) is 0 Å². The van der Waals surface area contributed by atoms with Crippen molar-refractivity contribution in [3.8, 4) is 0 Å². The van der Waals surface area contributed by atoms with E-state index in [2.05, 4.69) is 12.2 Å². The van der Waals surface area contributed by atoms with Crippen LogP contribution in [0, 0.1) is 0 Å². The van der Waals surface area contributed by atoms with Crippen LogP contribution in [0.2, 0.25) is 0 Å². The number of para-hydroxylation sites is 1. The van der Waals surface area contributed by atoms with Crippen molar-refractivity contribution in [2.45, 2.75) is 45.6 Å². The van der Waals surface area contributed by atoms with Gasteiger partial charge in [-0.15, -0.1) is 0 Å². The highest BCUT2D eigenvalue weighted by Gasteiger charge is 2.23. The summed E-state index contributed by atoms with van der Waals surface area (Å²) in [6, 6.07) is 9.22. The van der Waals surface area contributed by atoms with Crippen LogP contribution in [0.3, 0.4) is 0 Å². The maximum absolute atomic E-state index is 12.6. The Morgan fingerprint density at radius 3 is 2.72 bits per heavy atom. The predicted molar refractivity (Wildman–Crippen MR) is 98.1 cm³/mol. The van der Waals surface area contributed by atoms with Gasteiger partial charge in [-0.3, -0.25) is 4.79 Å². The van der Waals surface area contributed by atoms with E-state index in [4.69, 9.17) is 10.2 Å². The maximum Gasteiger partial charge on any atom is 0.312 e. The Morgan fingerprint density at radius 1 is 1.28 bits per heavy atom. The lowest BCUT2D eigenvalue weighted by molar-refractivity contribution is -0.133. The van der Waals surface area contributed by atoms with Crippen LogP contribution in [-0.2, 0) is 4.79 Å². The Hall–Kier alpha value is -2.50. The molecule has 1 aromatic carbocycles.